The molecule has 0 bridgehead atoms. The van der Waals surface area contributed by atoms with E-state index in [9.17, 15) is 9.18 Å². The van der Waals surface area contributed by atoms with Gasteiger partial charge < -0.3 is 15.2 Å². The van der Waals surface area contributed by atoms with Gasteiger partial charge in [-0.25, -0.2) is 4.39 Å². The van der Waals surface area contributed by atoms with Gasteiger partial charge in [-0.05, 0) is 17.7 Å². The predicted molar refractivity (Wildman–Crippen MR) is 51.9 cm³/mol. The Morgan fingerprint density at radius 1 is 1.60 bits per heavy atom. The fourth-order valence-electron chi connectivity index (χ4n) is 1.08. The summed E-state index contributed by atoms with van der Waals surface area (Å²) >= 11 is 0. The molecule has 2 N–H and O–H groups in total. The van der Waals surface area contributed by atoms with Crippen molar-refractivity contribution in [3.05, 3.63) is 29.6 Å². The van der Waals surface area contributed by atoms with Gasteiger partial charge in [0.05, 0.1) is 7.11 Å². The van der Waals surface area contributed by atoms with Crippen LogP contribution < -0.4 is 10.1 Å². The van der Waals surface area contributed by atoms with E-state index in [0.717, 1.165) is 0 Å². The first-order valence-corrected chi connectivity index (χ1v) is 4.37. The first-order valence-electron chi connectivity index (χ1n) is 4.37. The SMILES string of the molecule is COc1ccc(CNC(=O)CO)cc1F. The van der Waals surface area contributed by atoms with Crippen molar-refractivity contribution in [2.45, 2.75) is 6.54 Å². The van der Waals surface area contributed by atoms with Crippen LogP contribution >= 0.6 is 0 Å². The van der Waals surface area contributed by atoms with E-state index in [1.165, 1.54) is 19.2 Å². The van der Waals surface area contributed by atoms with Crippen LogP contribution in [-0.2, 0) is 11.3 Å². The molecule has 0 saturated carbocycles. The predicted octanol–water partition coefficient (Wildman–Crippen LogP) is 0.443. The average Bonchev–Trinajstić information content (AvgIpc) is 2.26. The highest BCUT2D eigenvalue weighted by atomic mass is 19.1. The maximum absolute atomic E-state index is 13.2. The van der Waals surface area contributed by atoms with Gasteiger partial charge in [-0.2, -0.15) is 0 Å². The number of amides is 1. The van der Waals surface area contributed by atoms with Crippen LogP contribution in [0.5, 0.6) is 5.75 Å². The molecule has 1 aromatic rings. The summed E-state index contributed by atoms with van der Waals surface area (Å²) in [5.74, 6) is -0.813. The Hall–Kier alpha value is -1.62. The van der Waals surface area contributed by atoms with Crippen LogP contribution in [0.3, 0.4) is 0 Å². The maximum Gasteiger partial charge on any atom is 0.245 e. The Balaban J connectivity index is 2.63. The van der Waals surface area contributed by atoms with Crippen molar-refractivity contribution in [2.24, 2.45) is 0 Å². The van der Waals surface area contributed by atoms with Gasteiger partial charge in [-0.1, -0.05) is 6.07 Å². The molecule has 4 nitrogen and oxygen atoms in total. The third-order valence-electron chi connectivity index (χ3n) is 1.85. The Bertz CT molecular complexity index is 355. The Morgan fingerprint density at radius 3 is 2.87 bits per heavy atom. The lowest BCUT2D eigenvalue weighted by Crippen LogP contribution is -2.25. The lowest BCUT2D eigenvalue weighted by Gasteiger charge is -2.06. The number of carbonyl (C=O) groups excluding carboxylic acids is 1. The Morgan fingerprint density at radius 2 is 2.33 bits per heavy atom. The normalized spacial score (nSPS) is 9.80. The van der Waals surface area contributed by atoms with Gasteiger partial charge in [0.15, 0.2) is 11.6 Å². The van der Waals surface area contributed by atoms with Gasteiger partial charge in [0.25, 0.3) is 0 Å². The van der Waals surface area contributed by atoms with Crippen molar-refractivity contribution in [1.82, 2.24) is 5.32 Å². The summed E-state index contributed by atoms with van der Waals surface area (Å²) in [4.78, 5) is 10.7. The molecule has 0 fully saturated rings. The number of halogens is 1. The number of benzene rings is 1. The van der Waals surface area contributed by atoms with Crippen LogP contribution in [0, 0.1) is 5.82 Å². The highest BCUT2D eigenvalue weighted by molar-refractivity contribution is 5.76. The number of ether oxygens (including phenoxy) is 1. The molecule has 0 aliphatic heterocycles. The van der Waals surface area contributed by atoms with E-state index in [1.54, 1.807) is 6.07 Å². The molecule has 0 atom stereocenters. The van der Waals surface area contributed by atoms with Crippen LogP contribution in [-0.4, -0.2) is 24.7 Å². The molecule has 5 heteroatoms. The van der Waals surface area contributed by atoms with Crippen molar-refractivity contribution in [2.75, 3.05) is 13.7 Å². The smallest absolute Gasteiger partial charge is 0.245 e. The maximum atomic E-state index is 13.2. The zero-order valence-corrected chi connectivity index (χ0v) is 8.29. The summed E-state index contributed by atoms with van der Waals surface area (Å²) in [6.45, 7) is -0.390. The molecule has 0 aliphatic rings. The lowest BCUT2D eigenvalue weighted by atomic mass is 10.2. The number of aliphatic hydroxyl groups excluding tert-OH is 1. The molecule has 15 heavy (non-hydrogen) atoms. The third-order valence-corrected chi connectivity index (χ3v) is 1.85. The minimum absolute atomic E-state index is 0.159. The van der Waals surface area contributed by atoms with E-state index in [2.05, 4.69) is 5.32 Å². The number of aliphatic hydroxyl groups is 1. The van der Waals surface area contributed by atoms with Gasteiger partial charge in [0.1, 0.15) is 6.61 Å². The lowest BCUT2D eigenvalue weighted by molar-refractivity contribution is -0.123. The molecule has 0 aromatic heterocycles. The van der Waals surface area contributed by atoms with E-state index in [1.807, 2.05) is 0 Å². The van der Waals surface area contributed by atoms with E-state index in [-0.39, 0.29) is 12.3 Å². The van der Waals surface area contributed by atoms with Gasteiger partial charge in [0.2, 0.25) is 5.91 Å². The van der Waals surface area contributed by atoms with Crippen LogP contribution in [0.25, 0.3) is 0 Å². The summed E-state index contributed by atoms with van der Waals surface area (Å²) in [5, 5.41) is 10.9. The van der Waals surface area contributed by atoms with Crippen molar-refractivity contribution < 1.29 is 19.0 Å². The van der Waals surface area contributed by atoms with E-state index in [0.29, 0.717) is 5.56 Å². The number of hydrogen-bond acceptors (Lipinski definition) is 3. The highest BCUT2D eigenvalue weighted by Gasteiger charge is 2.04. The average molecular weight is 213 g/mol. The number of nitrogens with one attached hydrogen (secondary N) is 1. The zero-order chi connectivity index (χ0) is 11.3. The summed E-state index contributed by atoms with van der Waals surface area (Å²) in [6.07, 6.45) is 0. The van der Waals surface area contributed by atoms with Crippen molar-refractivity contribution in [3.63, 3.8) is 0 Å². The van der Waals surface area contributed by atoms with Crippen LogP contribution in [0.4, 0.5) is 4.39 Å². The molecule has 1 rings (SSSR count). The van der Waals surface area contributed by atoms with Gasteiger partial charge in [-0.15, -0.1) is 0 Å². The van der Waals surface area contributed by atoms with E-state index < -0.39 is 18.3 Å². The monoisotopic (exact) mass is 213 g/mol. The molecule has 1 amide bonds. The molecule has 82 valence electrons. The largest absolute Gasteiger partial charge is 0.494 e. The number of carbonyl (C=O) groups is 1. The molecule has 0 spiro atoms. The Labute approximate surface area is 86.7 Å². The summed E-state index contributed by atoms with van der Waals surface area (Å²) in [7, 11) is 1.38. The summed E-state index contributed by atoms with van der Waals surface area (Å²) in [6, 6.07) is 4.39. The fraction of sp³-hybridized carbons (Fsp3) is 0.300. The van der Waals surface area contributed by atoms with Crippen LogP contribution in [0.2, 0.25) is 0 Å². The quantitative estimate of drug-likeness (QED) is 0.763. The van der Waals surface area contributed by atoms with Crippen LogP contribution in [0.15, 0.2) is 18.2 Å². The van der Waals surface area contributed by atoms with Crippen molar-refractivity contribution in [1.29, 1.82) is 0 Å². The molecular weight excluding hydrogens is 201 g/mol. The van der Waals surface area contributed by atoms with Crippen molar-refractivity contribution in [3.8, 4) is 5.75 Å². The minimum atomic E-state index is -0.571. The molecule has 0 radical (unpaired) electrons. The van der Waals surface area contributed by atoms with E-state index >= 15 is 0 Å². The first kappa shape index (κ1) is 11.5. The molecule has 0 saturated heterocycles. The topological polar surface area (TPSA) is 58.6 Å². The second-order valence-electron chi connectivity index (χ2n) is 2.90. The third kappa shape index (κ3) is 3.21. The fourth-order valence-corrected chi connectivity index (χ4v) is 1.08. The molecule has 1 aromatic carbocycles. The second kappa shape index (κ2) is 5.31. The van der Waals surface area contributed by atoms with Gasteiger partial charge in [0, 0.05) is 6.54 Å². The van der Waals surface area contributed by atoms with Crippen LogP contribution in [0.1, 0.15) is 5.56 Å². The standard InChI is InChI=1S/C10H12FNO3/c1-15-9-3-2-7(4-8(9)11)5-12-10(14)6-13/h2-4,13H,5-6H2,1H3,(H,12,14). The van der Waals surface area contributed by atoms with Gasteiger partial charge in [-0.3, -0.25) is 4.79 Å². The second-order valence-corrected chi connectivity index (χ2v) is 2.90. The molecule has 0 unspecified atom stereocenters. The van der Waals surface area contributed by atoms with Gasteiger partial charge >= 0.3 is 0 Å². The minimum Gasteiger partial charge on any atom is -0.494 e. The molecule has 0 aliphatic carbocycles. The number of hydrogen-bond donors (Lipinski definition) is 2. The first-order chi connectivity index (χ1) is 7.17. The number of methoxy groups -OCH3 is 1. The van der Waals surface area contributed by atoms with Crippen molar-refractivity contribution >= 4 is 5.91 Å². The Kier molecular flexibility index (Phi) is 4.05. The summed E-state index contributed by atoms with van der Waals surface area (Å²) in [5.41, 5.74) is 0.607. The summed E-state index contributed by atoms with van der Waals surface area (Å²) < 4.78 is 17.9. The van der Waals surface area contributed by atoms with E-state index in [4.69, 9.17) is 9.84 Å². The zero-order valence-electron chi connectivity index (χ0n) is 8.29. The number of rotatable bonds is 4. The molecule has 0 heterocycles. The molecular formula is C10H12FNO3. The highest BCUT2D eigenvalue weighted by Crippen LogP contribution is 2.17.